The molecule has 0 aliphatic heterocycles. The fraction of sp³-hybridized carbons (Fsp3) is 0.750. The van der Waals surface area contributed by atoms with Gasteiger partial charge in [0.25, 0.3) is 0 Å². The van der Waals surface area contributed by atoms with Crippen LogP contribution in [0, 0.1) is 5.92 Å². The molecular formula is C24H34F8O5. The molecule has 0 aliphatic rings. The molecule has 0 saturated carbocycles. The highest BCUT2D eigenvalue weighted by molar-refractivity contribution is 5.88. The quantitative estimate of drug-likeness (QED) is 0.0855. The summed E-state index contributed by atoms with van der Waals surface area (Å²) in [7, 11) is 0. The first-order valence-electron chi connectivity index (χ1n) is 11.7. The van der Waals surface area contributed by atoms with Gasteiger partial charge in [-0.05, 0) is 19.8 Å². The van der Waals surface area contributed by atoms with Crippen LogP contribution in [-0.2, 0) is 19.1 Å². The first-order chi connectivity index (χ1) is 16.9. The van der Waals surface area contributed by atoms with E-state index in [4.69, 9.17) is 9.84 Å². The molecule has 1 unspecified atom stereocenters. The highest BCUT2D eigenvalue weighted by atomic mass is 19.4. The lowest BCUT2D eigenvalue weighted by Crippen LogP contribution is -2.62. The zero-order valence-electron chi connectivity index (χ0n) is 20.9. The molecule has 0 aromatic rings. The van der Waals surface area contributed by atoms with Crippen molar-refractivity contribution in [3.05, 3.63) is 24.3 Å². The number of alkyl halides is 8. The van der Waals surface area contributed by atoms with Crippen molar-refractivity contribution in [3.63, 3.8) is 0 Å². The number of carbonyl (C=O) groups excluding carboxylic acids is 2. The van der Waals surface area contributed by atoms with Crippen molar-refractivity contribution in [2.45, 2.75) is 88.9 Å². The average molecular weight is 555 g/mol. The number of halogens is 8. The van der Waals surface area contributed by atoms with Crippen LogP contribution in [0.15, 0.2) is 24.3 Å². The summed E-state index contributed by atoms with van der Waals surface area (Å²) in [4.78, 5) is 23.2. The van der Waals surface area contributed by atoms with Gasteiger partial charge in [-0.15, -0.1) is 0 Å². The standard InChI is InChI=1S/C24H34F8O5/c1-5-6-7-8-9-11-21(25,26)23(29,30)24(31,32)22(27,28)12-10-18(14-36-19(34)16(2)3)15-37-20(35)17(4)13-33/h18,33H,2,4-15H2,1,3H3. The molecule has 1 N–H and O–H groups in total. The molecule has 0 bridgehead atoms. The zero-order valence-corrected chi connectivity index (χ0v) is 20.9. The zero-order chi connectivity index (χ0) is 29.1. The minimum absolute atomic E-state index is 0.0491. The lowest BCUT2D eigenvalue weighted by molar-refractivity contribution is -0.368. The fourth-order valence-corrected chi connectivity index (χ4v) is 3.00. The summed E-state index contributed by atoms with van der Waals surface area (Å²) in [6.07, 6.45) is -3.57. The maximum absolute atomic E-state index is 14.3. The number of carbonyl (C=O) groups is 2. The molecule has 0 aliphatic carbocycles. The first-order valence-corrected chi connectivity index (χ1v) is 11.7. The van der Waals surface area contributed by atoms with Crippen LogP contribution in [0.3, 0.4) is 0 Å². The predicted octanol–water partition coefficient (Wildman–Crippen LogP) is 6.50. The minimum Gasteiger partial charge on any atom is -0.462 e. The van der Waals surface area contributed by atoms with Gasteiger partial charge < -0.3 is 14.6 Å². The van der Waals surface area contributed by atoms with E-state index in [1.165, 1.54) is 6.92 Å². The van der Waals surface area contributed by atoms with E-state index >= 15 is 0 Å². The molecule has 0 aromatic carbocycles. The van der Waals surface area contributed by atoms with Gasteiger partial charge in [-0.25, -0.2) is 9.59 Å². The lowest BCUT2D eigenvalue weighted by Gasteiger charge is -2.37. The molecule has 0 saturated heterocycles. The lowest BCUT2D eigenvalue weighted by atomic mass is 9.90. The number of aliphatic hydroxyl groups is 1. The van der Waals surface area contributed by atoms with Gasteiger partial charge in [-0.2, -0.15) is 35.1 Å². The van der Waals surface area contributed by atoms with E-state index in [0.29, 0.717) is 19.3 Å². The molecule has 0 spiro atoms. The SMILES string of the molecule is C=C(C)C(=O)OCC(CCC(F)(F)C(F)(F)C(F)(F)C(F)(F)CCCCCCC)COC(=O)C(=C)CO. The van der Waals surface area contributed by atoms with Crippen LogP contribution in [-0.4, -0.2) is 60.6 Å². The van der Waals surface area contributed by atoms with Gasteiger partial charge in [0.05, 0.1) is 25.4 Å². The van der Waals surface area contributed by atoms with E-state index in [1.807, 2.05) is 0 Å². The second-order valence-corrected chi connectivity index (χ2v) is 8.87. The predicted molar refractivity (Wildman–Crippen MR) is 119 cm³/mol. The first kappa shape index (κ1) is 34.8. The number of ether oxygens (including phenoxy) is 2. The minimum atomic E-state index is -6.42. The molecule has 1 atom stereocenters. The molecule has 0 fully saturated rings. The molecule has 5 nitrogen and oxygen atoms in total. The molecule has 0 radical (unpaired) electrons. The Balaban J connectivity index is 5.51. The molecule has 216 valence electrons. The maximum Gasteiger partial charge on any atom is 0.378 e. The van der Waals surface area contributed by atoms with Gasteiger partial charge in [0.15, 0.2) is 0 Å². The monoisotopic (exact) mass is 554 g/mol. The average Bonchev–Trinajstić information content (AvgIpc) is 2.81. The van der Waals surface area contributed by atoms with E-state index in [-0.39, 0.29) is 12.0 Å². The molecule has 37 heavy (non-hydrogen) atoms. The van der Waals surface area contributed by atoms with Gasteiger partial charge in [0.2, 0.25) is 0 Å². The number of rotatable bonds is 19. The summed E-state index contributed by atoms with van der Waals surface area (Å²) in [6, 6.07) is 0. The maximum atomic E-state index is 14.3. The number of aliphatic hydroxyl groups excluding tert-OH is 1. The van der Waals surface area contributed by atoms with Crippen molar-refractivity contribution in [1.29, 1.82) is 0 Å². The fourth-order valence-electron chi connectivity index (χ4n) is 3.00. The van der Waals surface area contributed by atoms with Crippen LogP contribution in [0.2, 0.25) is 0 Å². The highest BCUT2D eigenvalue weighted by Gasteiger charge is 2.79. The summed E-state index contributed by atoms with van der Waals surface area (Å²) in [6.45, 7) is 7.07. The molecule has 0 aromatic heterocycles. The Kier molecular flexibility index (Phi) is 13.8. The third-order valence-electron chi connectivity index (χ3n) is 5.50. The topological polar surface area (TPSA) is 72.8 Å². The third kappa shape index (κ3) is 9.90. The van der Waals surface area contributed by atoms with Crippen LogP contribution in [0.25, 0.3) is 0 Å². The van der Waals surface area contributed by atoms with Crippen molar-refractivity contribution in [1.82, 2.24) is 0 Å². The Morgan fingerprint density at radius 2 is 1.24 bits per heavy atom. The molecule has 0 heterocycles. The van der Waals surface area contributed by atoms with Crippen molar-refractivity contribution >= 4 is 11.9 Å². The van der Waals surface area contributed by atoms with Crippen LogP contribution in [0.1, 0.15) is 65.2 Å². The van der Waals surface area contributed by atoms with Crippen LogP contribution < -0.4 is 0 Å². The van der Waals surface area contributed by atoms with Crippen LogP contribution in [0.5, 0.6) is 0 Å². The van der Waals surface area contributed by atoms with E-state index in [9.17, 15) is 44.7 Å². The molecular weight excluding hydrogens is 520 g/mol. The van der Waals surface area contributed by atoms with Crippen molar-refractivity contribution in [2.24, 2.45) is 5.92 Å². The Morgan fingerprint density at radius 3 is 1.70 bits per heavy atom. The molecule has 0 amide bonds. The van der Waals surface area contributed by atoms with Gasteiger partial charge >= 0.3 is 35.6 Å². The van der Waals surface area contributed by atoms with Gasteiger partial charge in [-0.1, -0.05) is 45.8 Å². The van der Waals surface area contributed by atoms with Crippen molar-refractivity contribution in [2.75, 3.05) is 19.8 Å². The van der Waals surface area contributed by atoms with E-state index in [2.05, 4.69) is 17.9 Å². The Hall–Kier alpha value is -2.18. The number of hydrogen-bond donors (Lipinski definition) is 1. The van der Waals surface area contributed by atoms with Gasteiger partial charge in [0, 0.05) is 24.3 Å². The normalized spacial score (nSPS) is 13.7. The van der Waals surface area contributed by atoms with E-state index in [1.54, 1.807) is 6.92 Å². The summed E-state index contributed by atoms with van der Waals surface area (Å²) in [5.74, 6) is -27.4. The molecule has 13 heteroatoms. The Morgan fingerprint density at radius 1 is 0.784 bits per heavy atom. The second kappa shape index (κ2) is 14.7. The van der Waals surface area contributed by atoms with Crippen molar-refractivity contribution < 1.29 is 59.3 Å². The number of hydrogen-bond acceptors (Lipinski definition) is 5. The van der Waals surface area contributed by atoms with E-state index in [0.717, 1.165) is 0 Å². The van der Waals surface area contributed by atoms with Crippen molar-refractivity contribution in [3.8, 4) is 0 Å². The van der Waals surface area contributed by atoms with Crippen LogP contribution >= 0.6 is 0 Å². The Labute approximate surface area is 210 Å². The number of unbranched alkanes of at least 4 members (excludes halogenated alkanes) is 4. The highest BCUT2D eigenvalue weighted by Crippen LogP contribution is 2.55. The number of esters is 2. The van der Waals surface area contributed by atoms with Gasteiger partial charge in [-0.3, -0.25) is 0 Å². The summed E-state index contributed by atoms with van der Waals surface area (Å²) >= 11 is 0. The summed E-state index contributed by atoms with van der Waals surface area (Å²) in [5.41, 5.74) is -0.552. The molecule has 0 rings (SSSR count). The summed E-state index contributed by atoms with van der Waals surface area (Å²) in [5, 5.41) is 8.85. The van der Waals surface area contributed by atoms with Gasteiger partial charge in [0.1, 0.15) is 0 Å². The third-order valence-corrected chi connectivity index (χ3v) is 5.50. The van der Waals surface area contributed by atoms with Crippen LogP contribution in [0.4, 0.5) is 35.1 Å². The van der Waals surface area contributed by atoms with E-state index < -0.39 is 92.6 Å². The Bertz CT molecular complexity index is 783. The summed E-state index contributed by atoms with van der Waals surface area (Å²) < 4.78 is 123. The smallest absolute Gasteiger partial charge is 0.378 e. The second-order valence-electron chi connectivity index (χ2n) is 8.87. The largest absolute Gasteiger partial charge is 0.462 e.